The number of nitrogens with zero attached hydrogens (tertiary/aromatic N) is 2. The summed E-state index contributed by atoms with van der Waals surface area (Å²) in [4.78, 5) is 27.7. The number of nitrogens with one attached hydrogen (secondary N) is 1. The van der Waals surface area contributed by atoms with E-state index in [0.29, 0.717) is 24.9 Å². The third-order valence-corrected chi connectivity index (χ3v) is 6.40. The highest BCUT2D eigenvalue weighted by Gasteiger charge is 2.30. The van der Waals surface area contributed by atoms with Crippen LogP contribution in [0.15, 0.2) is 84.0 Å². The molecule has 3 aromatic rings. The summed E-state index contributed by atoms with van der Waals surface area (Å²) in [7, 11) is 2.68. The van der Waals surface area contributed by atoms with Crippen molar-refractivity contribution in [1.82, 2.24) is 14.9 Å². The van der Waals surface area contributed by atoms with Crippen molar-refractivity contribution in [1.29, 1.82) is 0 Å². The minimum absolute atomic E-state index is 0.0463. The zero-order chi connectivity index (χ0) is 34.8. The van der Waals surface area contributed by atoms with Gasteiger partial charge in [0.1, 0.15) is 0 Å². The molecule has 2 aromatic heterocycles. The van der Waals surface area contributed by atoms with Crippen LogP contribution in [0, 0.1) is 12.8 Å². The molecule has 0 bridgehead atoms. The first-order chi connectivity index (χ1) is 21.1. The molecule has 2 heterocycles. The standard InChI is InChI=1S/C20H22N3O2P.C6H7F3.C5H7F3.C2H6/c1-13(9-22-12-24)11-23-14(2)19(15-3-5-16(26)6-4-15)17-7-8-21-10-18(17)20(23)25;1-3-5(4-2)6(7,8)9;1-2-3-4-5(6,7)8;1-2/h3-8,10,12-13H,9,11,26H2,1-2H3,(H,22,24);3-4H,1H2,2H3;2-3H,4H2,1H3;1-2H3/b;5-4+;3-2+;/t13-;;;/m0.../s1. The van der Waals surface area contributed by atoms with Crippen LogP contribution in [0.1, 0.15) is 46.7 Å². The number of allylic oxidation sites excluding steroid dienone is 5. The van der Waals surface area contributed by atoms with Crippen LogP contribution in [-0.2, 0) is 11.3 Å². The van der Waals surface area contributed by atoms with Crippen LogP contribution in [0.3, 0.4) is 0 Å². The van der Waals surface area contributed by atoms with E-state index in [0.717, 1.165) is 45.7 Å². The molecule has 12 heteroatoms. The molecule has 0 saturated heterocycles. The fourth-order valence-electron chi connectivity index (χ4n) is 3.92. The molecular formula is C33H42F6N3O2P. The molecule has 0 aliphatic rings. The van der Waals surface area contributed by atoms with Gasteiger partial charge in [-0.1, -0.05) is 75.9 Å². The van der Waals surface area contributed by atoms with Crippen molar-refractivity contribution in [2.45, 2.75) is 66.9 Å². The molecule has 1 amide bonds. The number of benzene rings is 1. The Morgan fingerprint density at radius 3 is 2.09 bits per heavy atom. The Balaban J connectivity index is 0.000000840. The van der Waals surface area contributed by atoms with Crippen LogP contribution in [-0.4, -0.2) is 34.9 Å². The van der Waals surface area contributed by atoms with Crippen LogP contribution in [0.4, 0.5) is 26.3 Å². The summed E-state index contributed by atoms with van der Waals surface area (Å²) in [6.45, 7) is 14.9. The molecule has 1 N–H and O–H groups in total. The minimum Gasteiger partial charge on any atom is -0.358 e. The van der Waals surface area contributed by atoms with E-state index in [1.165, 1.54) is 13.0 Å². The van der Waals surface area contributed by atoms with Gasteiger partial charge in [-0.05, 0) is 49.0 Å². The van der Waals surface area contributed by atoms with E-state index in [4.69, 9.17) is 0 Å². The summed E-state index contributed by atoms with van der Waals surface area (Å²) in [5.41, 5.74) is 2.29. The molecule has 0 spiro atoms. The predicted octanol–water partition coefficient (Wildman–Crippen LogP) is 8.48. The second kappa shape index (κ2) is 20.3. The SMILES string of the molecule is C/C=C/CC(F)(F)F.C=C/C(=C\C)C(F)(F)F.CC.Cc1c(-c2ccc(P)cc2)c2ccncc2c(=O)n1C[C@@H](C)CNC=O. The van der Waals surface area contributed by atoms with E-state index in [2.05, 4.69) is 38.3 Å². The number of hydrogen-bond donors (Lipinski definition) is 1. The third-order valence-electron chi connectivity index (χ3n) is 6.02. The molecule has 0 aliphatic heterocycles. The molecule has 248 valence electrons. The molecule has 2 atom stereocenters. The number of rotatable bonds is 8. The Labute approximate surface area is 263 Å². The van der Waals surface area contributed by atoms with Gasteiger partial charge in [-0.15, -0.1) is 9.24 Å². The highest BCUT2D eigenvalue weighted by atomic mass is 31.0. The first-order valence-corrected chi connectivity index (χ1v) is 14.7. The smallest absolute Gasteiger partial charge is 0.358 e. The molecule has 1 unspecified atom stereocenters. The van der Waals surface area contributed by atoms with E-state index >= 15 is 0 Å². The first-order valence-electron chi connectivity index (χ1n) is 14.1. The van der Waals surface area contributed by atoms with Crippen LogP contribution in [0.25, 0.3) is 21.9 Å². The van der Waals surface area contributed by atoms with Crippen molar-refractivity contribution in [3.63, 3.8) is 0 Å². The van der Waals surface area contributed by atoms with Gasteiger partial charge >= 0.3 is 12.4 Å². The van der Waals surface area contributed by atoms with E-state index in [9.17, 15) is 35.9 Å². The van der Waals surface area contributed by atoms with E-state index < -0.39 is 24.3 Å². The van der Waals surface area contributed by atoms with Gasteiger partial charge in [-0.3, -0.25) is 14.6 Å². The van der Waals surface area contributed by atoms with Crippen LogP contribution in [0.5, 0.6) is 0 Å². The first kappa shape index (κ1) is 41.3. The van der Waals surface area contributed by atoms with Crippen LogP contribution in [0.2, 0.25) is 0 Å². The third kappa shape index (κ3) is 14.3. The maximum Gasteiger partial charge on any atom is 0.416 e. The number of fused-ring (bicyclic) bond motifs is 1. The molecule has 1 aromatic carbocycles. The van der Waals surface area contributed by atoms with Crippen molar-refractivity contribution in [3.8, 4) is 11.1 Å². The lowest BCUT2D eigenvalue weighted by atomic mass is 9.98. The second-order valence-electron chi connectivity index (χ2n) is 9.38. The quantitative estimate of drug-likeness (QED) is 0.0869. The fraction of sp³-hybridized carbons (Fsp3) is 0.364. The van der Waals surface area contributed by atoms with E-state index in [1.54, 1.807) is 23.9 Å². The van der Waals surface area contributed by atoms with E-state index in [-0.39, 0.29) is 11.5 Å². The van der Waals surface area contributed by atoms with Gasteiger partial charge < -0.3 is 9.88 Å². The lowest BCUT2D eigenvalue weighted by molar-refractivity contribution is -0.125. The maximum absolute atomic E-state index is 13.0. The number of carbonyl (C=O) groups is 1. The molecular weight excluding hydrogens is 615 g/mol. The summed E-state index contributed by atoms with van der Waals surface area (Å²) >= 11 is 0. The highest BCUT2D eigenvalue weighted by Crippen LogP contribution is 2.30. The Hall–Kier alpha value is -3.72. The molecule has 45 heavy (non-hydrogen) atoms. The average Bonchev–Trinajstić information content (AvgIpc) is 2.99. The van der Waals surface area contributed by atoms with Crippen molar-refractivity contribution in [2.75, 3.05) is 6.54 Å². The lowest BCUT2D eigenvalue weighted by Gasteiger charge is -2.20. The number of pyridine rings is 2. The van der Waals surface area contributed by atoms with Gasteiger partial charge in [0.25, 0.3) is 5.56 Å². The predicted molar refractivity (Wildman–Crippen MR) is 176 cm³/mol. The Morgan fingerprint density at radius 2 is 1.67 bits per heavy atom. The van der Waals surface area contributed by atoms with Gasteiger partial charge in [0.05, 0.1) is 17.4 Å². The maximum atomic E-state index is 13.0. The summed E-state index contributed by atoms with van der Waals surface area (Å²) in [6, 6.07) is 10.1. The van der Waals surface area contributed by atoms with E-state index in [1.807, 2.05) is 45.9 Å². The van der Waals surface area contributed by atoms with Gasteiger partial charge in [0.15, 0.2) is 0 Å². The van der Waals surface area contributed by atoms with Crippen molar-refractivity contribution in [2.24, 2.45) is 5.92 Å². The molecule has 3 rings (SSSR count). The number of alkyl halides is 6. The second-order valence-corrected chi connectivity index (χ2v) is 10.1. The summed E-state index contributed by atoms with van der Waals surface area (Å²) in [6.07, 6.45) is -0.815. The number of halogens is 6. The number of hydrogen-bond acceptors (Lipinski definition) is 3. The van der Waals surface area contributed by atoms with Crippen molar-refractivity contribution < 1.29 is 31.1 Å². The number of aromatic nitrogens is 2. The van der Waals surface area contributed by atoms with Crippen molar-refractivity contribution in [3.05, 3.63) is 95.2 Å². The topological polar surface area (TPSA) is 64.0 Å². The minimum atomic E-state index is -4.24. The number of amides is 1. The van der Waals surface area contributed by atoms with Crippen LogP contribution < -0.4 is 16.2 Å². The molecule has 0 radical (unpaired) electrons. The zero-order valence-corrected chi connectivity index (χ0v) is 27.5. The normalized spacial score (nSPS) is 12.2. The average molecular weight is 658 g/mol. The van der Waals surface area contributed by atoms with Crippen molar-refractivity contribution >= 4 is 31.7 Å². The van der Waals surface area contributed by atoms with Crippen LogP contribution >= 0.6 is 9.24 Å². The monoisotopic (exact) mass is 657 g/mol. The fourth-order valence-corrected chi connectivity index (χ4v) is 4.11. The lowest BCUT2D eigenvalue weighted by Crippen LogP contribution is -2.30. The summed E-state index contributed by atoms with van der Waals surface area (Å²) in [5, 5.41) is 5.32. The zero-order valence-electron chi connectivity index (χ0n) is 26.4. The molecule has 5 nitrogen and oxygen atoms in total. The Kier molecular flexibility index (Phi) is 18.7. The van der Waals surface area contributed by atoms with Gasteiger partial charge in [0.2, 0.25) is 6.41 Å². The highest BCUT2D eigenvalue weighted by molar-refractivity contribution is 7.27. The summed E-state index contributed by atoms with van der Waals surface area (Å²) in [5.74, 6) is 0.132. The van der Waals surface area contributed by atoms with Gasteiger partial charge in [-0.2, -0.15) is 26.3 Å². The molecule has 0 fully saturated rings. The number of carbonyl (C=O) groups excluding carboxylic acids is 1. The molecule has 0 aliphatic carbocycles. The van der Waals surface area contributed by atoms with Gasteiger partial charge in [-0.25, -0.2) is 0 Å². The Morgan fingerprint density at radius 1 is 1.07 bits per heavy atom. The molecule has 0 saturated carbocycles. The van der Waals surface area contributed by atoms with Gasteiger partial charge in [0, 0.05) is 36.7 Å². The largest absolute Gasteiger partial charge is 0.416 e. The Bertz CT molecular complexity index is 1460. The summed E-state index contributed by atoms with van der Waals surface area (Å²) < 4.78 is 70.1.